The van der Waals surface area contributed by atoms with Gasteiger partial charge in [0.2, 0.25) is 0 Å². The van der Waals surface area contributed by atoms with Crippen LogP contribution in [-0.2, 0) is 4.74 Å². The molecule has 1 fully saturated rings. The number of benzene rings is 1. The normalized spacial score (nSPS) is 24.6. The van der Waals surface area contributed by atoms with E-state index in [4.69, 9.17) is 4.74 Å². The SMILES string of the molecule is CC1CN(CCC(O)c2ccc(F)cc2)CC(C)(C)O1. The highest BCUT2D eigenvalue weighted by Crippen LogP contribution is 2.23. The van der Waals surface area contributed by atoms with Crippen molar-refractivity contribution in [2.75, 3.05) is 19.6 Å². The van der Waals surface area contributed by atoms with Crippen molar-refractivity contribution in [2.24, 2.45) is 0 Å². The lowest BCUT2D eigenvalue weighted by molar-refractivity contribution is -0.130. The molecule has 0 saturated carbocycles. The molecule has 1 aromatic rings. The maximum Gasteiger partial charge on any atom is 0.123 e. The summed E-state index contributed by atoms with van der Waals surface area (Å²) in [7, 11) is 0. The van der Waals surface area contributed by atoms with Crippen LogP contribution in [0.5, 0.6) is 0 Å². The highest BCUT2D eigenvalue weighted by atomic mass is 19.1. The zero-order chi connectivity index (χ0) is 14.8. The number of morpholine rings is 1. The van der Waals surface area contributed by atoms with Gasteiger partial charge in [-0.2, -0.15) is 0 Å². The first-order valence-electron chi connectivity index (χ1n) is 7.19. The second kappa shape index (κ2) is 6.20. The van der Waals surface area contributed by atoms with Gasteiger partial charge in [-0.05, 0) is 44.9 Å². The van der Waals surface area contributed by atoms with E-state index in [1.54, 1.807) is 12.1 Å². The van der Waals surface area contributed by atoms with Crippen LogP contribution in [0.4, 0.5) is 4.39 Å². The number of hydrogen-bond acceptors (Lipinski definition) is 3. The van der Waals surface area contributed by atoms with Crippen molar-refractivity contribution in [3.63, 3.8) is 0 Å². The van der Waals surface area contributed by atoms with Crippen molar-refractivity contribution >= 4 is 0 Å². The third kappa shape index (κ3) is 4.27. The van der Waals surface area contributed by atoms with Gasteiger partial charge in [-0.3, -0.25) is 4.90 Å². The van der Waals surface area contributed by atoms with Gasteiger partial charge in [0.1, 0.15) is 5.82 Å². The van der Waals surface area contributed by atoms with Gasteiger partial charge in [0.25, 0.3) is 0 Å². The van der Waals surface area contributed by atoms with E-state index in [9.17, 15) is 9.50 Å². The minimum Gasteiger partial charge on any atom is -0.388 e. The molecule has 1 aliphatic heterocycles. The Balaban J connectivity index is 1.86. The molecule has 0 spiro atoms. The Bertz CT molecular complexity index is 433. The molecule has 0 radical (unpaired) electrons. The Morgan fingerprint density at radius 3 is 2.65 bits per heavy atom. The van der Waals surface area contributed by atoms with Gasteiger partial charge in [-0.25, -0.2) is 4.39 Å². The Morgan fingerprint density at radius 1 is 1.40 bits per heavy atom. The first-order chi connectivity index (χ1) is 9.35. The van der Waals surface area contributed by atoms with Crippen LogP contribution in [0.2, 0.25) is 0 Å². The summed E-state index contributed by atoms with van der Waals surface area (Å²) in [5, 5.41) is 10.2. The molecule has 1 N–H and O–H groups in total. The van der Waals surface area contributed by atoms with Crippen molar-refractivity contribution in [1.29, 1.82) is 0 Å². The van der Waals surface area contributed by atoms with Crippen molar-refractivity contribution in [2.45, 2.75) is 45.0 Å². The third-order valence-electron chi connectivity index (χ3n) is 3.61. The smallest absolute Gasteiger partial charge is 0.123 e. The first-order valence-corrected chi connectivity index (χ1v) is 7.19. The van der Waals surface area contributed by atoms with Crippen molar-refractivity contribution in [1.82, 2.24) is 4.90 Å². The molecule has 2 rings (SSSR count). The summed E-state index contributed by atoms with van der Waals surface area (Å²) in [5.74, 6) is -0.273. The monoisotopic (exact) mass is 281 g/mol. The number of halogens is 1. The van der Waals surface area contributed by atoms with Gasteiger partial charge in [-0.15, -0.1) is 0 Å². The molecular weight excluding hydrogens is 257 g/mol. The minimum absolute atomic E-state index is 0.140. The van der Waals surface area contributed by atoms with Crippen LogP contribution in [0.25, 0.3) is 0 Å². The summed E-state index contributed by atoms with van der Waals surface area (Å²) in [6.45, 7) is 8.82. The van der Waals surface area contributed by atoms with E-state index in [0.717, 1.165) is 25.2 Å². The standard InChI is InChI=1S/C16H24FNO2/c1-12-10-18(11-16(2,3)20-12)9-8-15(19)13-4-6-14(17)7-5-13/h4-7,12,15,19H,8-11H2,1-3H3. The molecule has 20 heavy (non-hydrogen) atoms. The van der Waals surface area contributed by atoms with Crippen molar-refractivity contribution in [3.05, 3.63) is 35.6 Å². The molecule has 1 heterocycles. The fraction of sp³-hybridized carbons (Fsp3) is 0.625. The molecule has 1 aliphatic rings. The number of hydrogen-bond donors (Lipinski definition) is 1. The van der Waals surface area contributed by atoms with Crippen LogP contribution in [-0.4, -0.2) is 41.3 Å². The van der Waals surface area contributed by atoms with Crippen LogP contribution >= 0.6 is 0 Å². The fourth-order valence-corrected chi connectivity index (χ4v) is 2.91. The second-order valence-electron chi connectivity index (χ2n) is 6.28. The maximum atomic E-state index is 12.9. The molecule has 4 heteroatoms. The Morgan fingerprint density at radius 2 is 2.05 bits per heavy atom. The molecule has 2 unspecified atom stereocenters. The molecule has 112 valence electrons. The van der Waals surface area contributed by atoms with E-state index >= 15 is 0 Å². The lowest BCUT2D eigenvalue weighted by atomic mass is 10.0. The Hall–Kier alpha value is -0.970. The molecule has 2 atom stereocenters. The predicted octanol–water partition coefficient (Wildman–Crippen LogP) is 2.75. The van der Waals surface area contributed by atoms with E-state index in [0.29, 0.717) is 6.42 Å². The highest BCUT2D eigenvalue weighted by molar-refractivity contribution is 5.18. The van der Waals surface area contributed by atoms with Gasteiger partial charge < -0.3 is 9.84 Å². The summed E-state index contributed by atoms with van der Waals surface area (Å²) in [6.07, 6.45) is 0.313. The largest absolute Gasteiger partial charge is 0.388 e. The lowest BCUT2D eigenvalue weighted by Gasteiger charge is -2.42. The van der Waals surface area contributed by atoms with Gasteiger partial charge in [0, 0.05) is 19.6 Å². The van der Waals surface area contributed by atoms with Gasteiger partial charge in [0.05, 0.1) is 17.8 Å². The number of ether oxygens (including phenoxy) is 1. The van der Waals surface area contributed by atoms with Gasteiger partial charge >= 0.3 is 0 Å². The Labute approximate surface area is 120 Å². The summed E-state index contributed by atoms with van der Waals surface area (Å²) < 4.78 is 18.7. The summed E-state index contributed by atoms with van der Waals surface area (Å²) in [5.41, 5.74) is 0.630. The van der Waals surface area contributed by atoms with Gasteiger partial charge in [0.15, 0.2) is 0 Å². The molecule has 0 amide bonds. The number of aliphatic hydroxyl groups excluding tert-OH is 1. The molecule has 1 saturated heterocycles. The van der Waals surface area contributed by atoms with E-state index in [2.05, 4.69) is 25.7 Å². The molecular formula is C16H24FNO2. The van der Waals surface area contributed by atoms with Crippen LogP contribution in [0.15, 0.2) is 24.3 Å². The van der Waals surface area contributed by atoms with E-state index in [1.807, 2.05) is 0 Å². The zero-order valence-corrected chi connectivity index (χ0v) is 12.5. The lowest BCUT2D eigenvalue weighted by Crippen LogP contribution is -2.52. The van der Waals surface area contributed by atoms with Crippen LogP contribution in [0.3, 0.4) is 0 Å². The topological polar surface area (TPSA) is 32.7 Å². The molecule has 0 aromatic heterocycles. The highest BCUT2D eigenvalue weighted by Gasteiger charge is 2.31. The van der Waals surface area contributed by atoms with E-state index in [-0.39, 0.29) is 17.5 Å². The number of aliphatic hydroxyl groups is 1. The number of nitrogens with zero attached hydrogens (tertiary/aromatic N) is 1. The maximum absolute atomic E-state index is 12.9. The predicted molar refractivity (Wildman–Crippen MR) is 77.0 cm³/mol. The first kappa shape index (κ1) is 15.4. The van der Waals surface area contributed by atoms with Crippen molar-refractivity contribution < 1.29 is 14.2 Å². The molecule has 3 nitrogen and oxygen atoms in total. The average Bonchev–Trinajstić information content (AvgIpc) is 2.34. The molecule has 0 aliphatic carbocycles. The average molecular weight is 281 g/mol. The van der Waals surface area contributed by atoms with Crippen molar-refractivity contribution in [3.8, 4) is 0 Å². The number of rotatable bonds is 4. The summed E-state index contributed by atoms with van der Waals surface area (Å²) in [4.78, 5) is 2.32. The summed E-state index contributed by atoms with van der Waals surface area (Å²) in [6, 6.07) is 6.06. The van der Waals surface area contributed by atoms with E-state index < -0.39 is 6.10 Å². The second-order valence-corrected chi connectivity index (χ2v) is 6.28. The quantitative estimate of drug-likeness (QED) is 0.921. The van der Waals surface area contributed by atoms with Crippen LogP contribution in [0, 0.1) is 5.82 Å². The molecule has 1 aromatic carbocycles. The molecule has 0 bridgehead atoms. The van der Waals surface area contributed by atoms with E-state index in [1.165, 1.54) is 12.1 Å². The summed E-state index contributed by atoms with van der Waals surface area (Å²) >= 11 is 0. The fourth-order valence-electron chi connectivity index (χ4n) is 2.91. The Kier molecular flexibility index (Phi) is 4.78. The third-order valence-corrected chi connectivity index (χ3v) is 3.61. The van der Waals surface area contributed by atoms with Crippen LogP contribution < -0.4 is 0 Å². The minimum atomic E-state index is -0.545. The zero-order valence-electron chi connectivity index (χ0n) is 12.5. The van der Waals surface area contributed by atoms with Gasteiger partial charge in [-0.1, -0.05) is 12.1 Å². The van der Waals surface area contributed by atoms with Crippen LogP contribution in [0.1, 0.15) is 38.9 Å².